The highest BCUT2D eigenvalue weighted by Gasteiger charge is 2.26. The summed E-state index contributed by atoms with van der Waals surface area (Å²) in [6.45, 7) is 3.39. The van der Waals surface area contributed by atoms with Gasteiger partial charge in [-0.3, -0.25) is 18.6 Å². The summed E-state index contributed by atoms with van der Waals surface area (Å²) in [5.74, 6) is -0.929. The first-order valence-corrected chi connectivity index (χ1v) is 30.4. The van der Waals surface area contributed by atoms with Gasteiger partial charge >= 0.3 is 19.8 Å². The number of rotatable bonds is 51. The topological polar surface area (TPSA) is 134 Å². The first-order chi connectivity index (χ1) is 37.8. The molecule has 0 aromatic carbocycles. The number of unbranched alkanes of at least 4 members (excludes halogenated alkanes) is 6. The van der Waals surface area contributed by atoms with Crippen LogP contribution in [0.15, 0.2) is 194 Å². The molecule has 10 heteroatoms. The lowest BCUT2D eigenvalue weighted by molar-refractivity contribution is -0.161. The molecule has 0 aliphatic rings. The van der Waals surface area contributed by atoms with Crippen molar-refractivity contribution in [1.29, 1.82) is 0 Å². The third-order valence-electron chi connectivity index (χ3n) is 11.0. The Kier molecular flexibility index (Phi) is 56.1. The summed E-state index contributed by atoms with van der Waals surface area (Å²) in [7, 11) is -4.42. The number of ether oxygens (including phenoxy) is 2. The Morgan fingerprint density at radius 3 is 1.01 bits per heavy atom. The molecule has 0 aromatic rings. The van der Waals surface area contributed by atoms with Crippen molar-refractivity contribution in [2.24, 2.45) is 5.73 Å². The van der Waals surface area contributed by atoms with Gasteiger partial charge in [-0.2, -0.15) is 0 Å². The van der Waals surface area contributed by atoms with Gasteiger partial charge in [0, 0.05) is 19.4 Å². The fourth-order valence-electron chi connectivity index (χ4n) is 6.78. The largest absolute Gasteiger partial charge is 0.472 e. The molecule has 2 atom stereocenters. The van der Waals surface area contributed by atoms with E-state index in [2.05, 4.69) is 208 Å². The predicted molar refractivity (Wildman–Crippen MR) is 329 cm³/mol. The number of allylic oxidation sites excluding steroid dienone is 32. The van der Waals surface area contributed by atoms with Gasteiger partial charge in [-0.15, -0.1) is 0 Å². The molecule has 77 heavy (non-hydrogen) atoms. The molecule has 9 nitrogen and oxygen atoms in total. The number of carbonyl (C=O) groups is 2. The molecule has 0 rings (SSSR count). The van der Waals surface area contributed by atoms with Crippen LogP contribution in [0.3, 0.4) is 0 Å². The molecule has 0 saturated carbocycles. The van der Waals surface area contributed by atoms with Gasteiger partial charge in [-0.05, 0) is 141 Å². The highest BCUT2D eigenvalue weighted by molar-refractivity contribution is 7.47. The Bertz CT molecular complexity index is 1950. The van der Waals surface area contributed by atoms with Gasteiger partial charge in [0.15, 0.2) is 6.10 Å². The smallest absolute Gasteiger partial charge is 0.462 e. The van der Waals surface area contributed by atoms with Crippen molar-refractivity contribution >= 4 is 19.8 Å². The van der Waals surface area contributed by atoms with E-state index < -0.39 is 32.5 Å². The minimum Gasteiger partial charge on any atom is -0.462 e. The monoisotopic (exact) mass is 1080 g/mol. The van der Waals surface area contributed by atoms with Crippen molar-refractivity contribution in [3.05, 3.63) is 194 Å². The summed E-state index contributed by atoms with van der Waals surface area (Å²) in [6, 6.07) is 0. The third kappa shape index (κ3) is 59.9. The van der Waals surface area contributed by atoms with E-state index in [1.807, 2.05) is 0 Å². The van der Waals surface area contributed by atoms with Crippen LogP contribution in [0.2, 0.25) is 0 Å². The molecule has 3 N–H and O–H groups in total. The minimum absolute atomic E-state index is 0.0307. The first-order valence-electron chi connectivity index (χ1n) is 28.9. The predicted octanol–water partition coefficient (Wildman–Crippen LogP) is 18.6. The number of nitrogens with two attached hydrogens (primary N) is 1. The van der Waals surface area contributed by atoms with E-state index in [4.69, 9.17) is 24.3 Å². The van der Waals surface area contributed by atoms with E-state index in [9.17, 15) is 19.0 Å². The molecule has 0 heterocycles. The summed E-state index contributed by atoms with van der Waals surface area (Å²) in [4.78, 5) is 35.1. The van der Waals surface area contributed by atoms with Crippen LogP contribution in [-0.4, -0.2) is 49.3 Å². The number of hydrogen-bond acceptors (Lipinski definition) is 8. The summed E-state index contributed by atoms with van der Waals surface area (Å²) < 4.78 is 32.9. The highest BCUT2D eigenvalue weighted by Crippen LogP contribution is 2.43. The maximum Gasteiger partial charge on any atom is 0.472 e. The standard InChI is InChI=1S/C67H102NO8P/c1-3-5-7-9-11-13-15-17-19-21-23-25-26-27-28-29-30-31-32-33-34-35-36-37-38-40-42-44-46-48-50-52-54-56-58-60-67(70)76-65(64-75-77(71,72)74-62-61-68)63-73-66(69)59-57-55-53-51-49-47-45-43-41-39-24-22-20-18-16-14-12-10-8-6-4-2/h5-8,11-14,17-20,23-25,27-28,30-31,33-34,36-37,39-40,42-43,45-46,48-49,51,65H,3-4,9-10,15-16,21-22,26,29,32,35,38,41,44,47,50,52-64,68H2,1-2H3,(H,71,72)/b7-5-,8-6-,13-11-,14-12-,19-17-,20-18-,25-23-,28-27-,31-30-,34-33-,37-36-,39-24-,42-40-,45-43-,48-46-,51-49-. The van der Waals surface area contributed by atoms with Gasteiger partial charge in [-0.25, -0.2) is 4.57 Å². The van der Waals surface area contributed by atoms with Gasteiger partial charge in [0.05, 0.1) is 13.2 Å². The fraction of sp³-hybridized carbons (Fsp3) is 0.493. The van der Waals surface area contributed by atoms with E-state index in [-0.39, 0.29) is 32.6 Å². The second kappa shape index (κ2) is 60.1. The van der Waals surface area contributed by atoms with Crippen molar-refractivity contribution in [1.82, 2.24) is 0 Å². The average molecular weight is 1080 g/mol. The van der Waals surface area contributed by atoms with Crippen molar-refractivity contribution in [3.63, 3.8) is 0 Å². The third-order valence-corrected chi connectivity index (χ3v) is 12.0. The molecule has 0 amide bonds. The van der Waals surface area contributed by atoms with Crippen LogP contribution in [-0.2, 0) is 32.7 Å². The molecule has 0 fully saturated rings. The summed E-state index contributed by atoms with van der Waals surface area (Å²) in [5.41, 5.74) is 5.37. The van der Waals surface area contributed by atoms with E-state index in [0.717, 1.165) is 141 Å². The van der Waals surface area contributed by atoms with E-state index >= 15 is 0 Å². The Morgan fingerprint density at radius 1 is 0.390 bits per heavy atom. The van der Waals surface area contributed by atoms with Crippen LogP contribution in [0.25, 0.3) is 0 Å². The maximum absolute atomic E-state index is 12.7. The van der Waals surface area contributed by atoms with Crippen LogP contribution in [0.5, 0.6) is 0 Å². The maximum atomic E-state index is 12.7. The van der Waals surface area contributed by atoms with Gasteiger partial charge in [0.25, 0.3) is 0 Å². The van der Waals surface area contributed by atoms with Crippen LogP contribution in [0.4, 0.5) is 0 Å². The van der Waals surface area contributed by atoms with E-state index in [1.165, 1.54) is 0 Å². The lowest BCUT2D eigenvalue weighted by atomic mass is 10.1. The van der Waals surface area contributed by atoms with Gasteiger partial charge < -0.3 is 20.1 Å². The molecular formula is C67H102NO8P. The first kappa shape index (κ1) is 71.8. The van der Waals surface area contributed by atoms with Crippen LogP contribution in [0, 0.1) is 0 Å². The minimum atomic E-state index is -4.42. The van der Waals surface area contributed by atoms with Crippen LogP contribution in [0.1, 0.15) is 181 Å². The Balaban J connectivity index is 4.18. The molecule has 2 unspecified atom stereocenters. The van der Waals surface area contributed by atoms with Gasteiger partial charge in [-0.1, -0.05) is 221 Å². The van der Waals surface area contributed by atoms with Gasteiger partial charge in [0.2, 0.25) is 0 Å². The Morgan fingerprint density at radius 2 is 0.675 bits per heavy atom. The molecular weight excluding hydrogens is 978 g/mol. The van der Waals surface area contributed by atoms with Crippen molar-refractivity contribution in [3.8, 4) is 0 Å². The summed E-state index contributed by atoms with van der Waals surface area (Å²) >= 11 is 0. The number of phosphoric acid groups is 1. The zero-order chi connectivity index (χ0) is 55.9. The number of phosphoric ester groups is 1. The molecule has 0 aliphatic heterocycles. The van der Waals surface area contributed by atoms with Crippen molar-refractivity contribution in [2.45, 2.75) is 187 Å². The zero-order valence-electron chi connectivity index (χ0n) is 47.6. The lowest BCUT2D eigenvalue weighted by Crippen LogP contribution is -2.29. The summed E-state index contributed by atoms with van der Waals surface area (Å²) in [6.07, 6.45) is 92.0. The Labute approximate surface area is 468 Å². The molecule has 0 radical (unpaired) electrons. The molecule has 0 spiro atoms. The average Bonchev–Trinajstić information content (AvgIpc) is 3.42. The summed E-state index contributed by atoms with van der Waals surface area (Å²) in [5, 5.41) is 0. The lowest BCUT2D eigenvalue weighted by Gasteiger charge is -2.19. The SMILES string of the molecule is CC/C=C\C/C=C\C/C=C\C/C=C\C/C=C\C/C=C\C/C=C\C/C=C\C/C=C\C/C=C\CCCCCCC(=O)OC(COC(=O)CCCC/C=C\C/C=C\C/C=C\C/C=C\C/C=C\C/C=C\CC)COP(=O)(O)OCCN. The number of esters is 2. The number of hydrogen-bond donors (Lipinski definition) is 2. The normalized spacial score (nSPS) is 14.5. The second-order valence-corrected chi connectivity index (χ2v) is 19.5. The Hall–Kier alpha value is -5.15. The van der Waals surface area contributed by atoms with E-state index in [0.29, 0.717) is 12.8 Å². The molecule has 0 aromatic heterocycles. The quantitative estimate of drug-likeness (QED) is 0.0264. The van der Waals surface area contributed by atoms with Crippen LogP contribution >= 0.6 is 7.82 Å². The van der Waals surface area contributed by atoms with Crippen molar-refractivity contribution in [2.75, 3.05) is 26.4 Å². The van der Waals surface area contributed by atoms with Crippen molar-refractivity contribution < 1.29 is 37.6 Å². The second-order valence-electron chi connectivity index (χ2n) is 18.0. The van der Waals surface area contributed by atoms with E-state index in [1.54, 1.807) is 0 Å². The molecule has 0 aliphatic carbocycles. The molecule has 0 saturated heterocycles. The van der Waals surface area contributed by atoms with Gasteiger partial charge in [0.1, 0.15) is 6.61 Å². The zero-order valence-corrected chi connectivity index (χ0v) is 48.5. The fourth-order valence-corrected chi connectivity index (χ4v) is 7.55. The molecule has 0 bridgehead atoms. The number of carbonyl (C=O) groups excluding carboxylic acids is 2. The molecule has 428 valence electrons. The van der Waals surface area contributed by atoms with Crippen LogP contribution < -0.4 is 5.73 Å². The highest BCUT2D eigenvalue weighted by atomic mass is 31.2.